The topological polar surface area (TPSA) is 88.4 Å². The van der Waals surface area contributed by atoms with Gasteiger partial charge in [0, 0.05) is 17.6 Å². The highest BCUT2D eigenvalue weighted by atomic mass is 35.5. The quantitative estimate of drug-likeness (QED) is 0.374. The molecule has 0 saturated heterocycles. The zero-order valence-electron chi connectivity index (χ0n) is 14.1. The van der Waals surface area contributed by atoms with E-state index in [9.17, 15) is 14.9 Å². The summed E-state index contributed by atoms with van der Waals surface area (Å²) in [5.74, 6) is -0.477. The maximum atomic E-state index is 12.3. The number of benzene rings is 2. The first-order chi connectivity index (χ1) is 12.4. The van der Waals surface area contributed by atoms with Crippen LogP contribution in [0.2, 0.25) is 5.02 Å². The van der Waals surface area contributed by atoms with E-state index in [1.165, 1.54) is 26.2 Å². The molecule has 0 spiro atoms. The second kappa shape index (κ2) is 8.70. The van der Waals surface area contributed by atoms with Crippen molar-refractivity contribution in [2.24, 2.45) is 0 Å². The lowest BCUT2D eigenvalue weighted by Gasteiger charge is -2.09. The first kappa shape index (κ1) is 19.0. The maximum absolute atomic E-state index is 12.3. The Labute approximate surface area is 155 Å². The molecule has 0 saturated carbocycles. The van der Waals surface area contributed by atoms with Crippen LogP contribution in [0.25, 0.3) is 6.08 Å². The molecule has 0 aromatic heterocycles. The molecule has 0 aliphatic rings. The number of hydrogen-bond acceptors (Lipinski definition) is 5. The number of methoxy groups -OCH3 is 1. The van der Waals surface area contributed by atoms with Gasteiger partial charge in [0.2, 0.25) is 0 Å². The lowest BCUT2D eigenvalue weighted by molar-refractivity contribution is -0.132. The number of halogens is 1. The van der Waals surface area contributed by atoms with Crippen LogP contribution in [-0.4, -0.2) is 19.0 Å². The van der Waals surface area contributed by atoms with Crippen LogP contribution in [0.1, 0.15) is 12.5 Å². The van der Waals surface area contributed by atoms with Crippen LogP contribution in [0, 0.1) is 11.3 Å². The predicted molar refractivity (Wildman–Crippen MR) is 98.0 cm³/mol. The molecular formula is C19H15ClN2O4. The van der Waals surface area contributed by atoms with Gasteiger partial charge in [0.1, 0.15) is 11.6 Å². The summed E-state index contributed by atoms with van der Waals surface area (Å²) in [6, 6.07) is 13.1. The molecule has 7 heteroatoms. The molecule has 1 amide bonds. The molecule has 2 aromatic rings. The summed E-state index contributed by atoms with van der Waals surface area (Å²) in [7, 11) is 1.42. The highest BCUT2D eigenvalue weighted by Crippen LogP contribution is 2.29. The van der Waals surface area contributed by atoms with E-state index >= 15 is 0 Å². The van der Waals surface area contributed by atoms with E-state index < -0.39 is 11.9 Å². The Hall–Kier alpha value is -3.30. The van der Waals surface area contributed by atoms with E-state index in [2.05, 4.69) is 5.32 Å². The highest BCUT2D eigenvalue weighted by molar-refractivity contribution is 6.30. The molecule has 26 heavy (non-hydrogen) atoms. The van der Waals surface area contributed by atoms with Gasteiger partial charge in [-0.05, 0) is 48.0 Å². The molecule has 1 N–H and O–H groups in total. The molecule has 0 heterocycles. The van der Waals surface area contributed by atoms with Gasteiger partial charge in [0.25, 0.3) is 5.91 Å². The van der Waals surface area contributed by atoms with Gasteiger partial charge in [-0.2, -0.15) is 5.26 Å². The van der Waals surface area contributed by atoms with Gasteiger partial charge in [-0.25, -0.2) is 0 Å². The third-order valence-corrected chi connectivity index (χ3v) is 3.47. The zero-order valence-corrected chi connectivity index (χ0v) is 14.8. The van der Waals surface area contributed by atoms with Gasteiger partial charge in [-0.3, -0.25) is 9.59 Å². The average Bonchev–Trinajstić information content (AvgIpc) is 2.62. The largest absolute Gasteiger partial charge is 0.493 e. The number of hydrogen-bond donors (Lipinski definition) is 1. The summed E-state index contributed by atoms with van der Waals surface area (Å²) in [6.07, 6.45) is 1.41. The van der Waals surface area contributed by atoms with Crippen LogP contribution in [0.5, 0.6) is 11.5 Å². The Kier molecular flexibility index (Phi) is 6.36. The number of ether oxygens (including phenoxy) is 2. The number of nitriles is 1. The number of anilines is 1. The Morgan fingerprint density at radius 3 is 2.42 bits per heavy atom. The SMILES string of the molecule is COc1cc(/C=C(/C#N)C(=O)Nc2ccc(Cl)cc2)ccc1OC(C)=O. The molecule has 0 radical (unpaired) electrons. The summed E-state index contributed by atoms with van der Waals surface area (Å²) in [5, 5.41) is 12.4. The lowest BCUT2D eigenvalue weighted by atomic mass is 10.1. The summed E-state index contributed by atoms with van der Waals surface area (Å²) in [6.45, 7) is 1.28. The van der Waals surface area contributed by atoms with Gasteiger partial charge in [-0.15, -0.1) is 0 Å². The average molecular weight is 371 g/mol. The predicted octanol–water partition coefficient (Wildman–Crippen LogP) is 3.82. The standard InChI is InChI=1S/C19H15ClN2O4/c1-12(23)26-17-8-3-13(10-18(17)25-2)9-14(11-21)19(24)22-16-6-4-15(20)5-7-16/h3-10H,1-2H3,(H,22,24)/b14-9-. The summed E-state index contributed by atoms with van der Waals surface area (Å²) >= 11 is 5.80. The van der Waals surface area contributed by atoms with Gasteiger partial charge in [0.15, 0.2) is 11.5 Å². The smallest absolute Gasteiger partial charge is 0.308 e. The van der Waals surface area contributed by atoms with Crippen molar-refractivity contribution in [1.29, 1.82) is 5.26 Å². The van der Waals surface area contributed by atoms with Gasteiger partial charge in [0.05, 0.1) is 7.11 Å². The van der Waals surface area contributed by atoms with E-state index in [0.717, 1.165) is 0 Å². The third kappa shape index (κ3) is 5.10. The molecule has 2 aromatic carbocycles. The van der Waals surface area contributed by atoms with Gasteiger partial charge < -0.3 is 14.8 Å². The van der Waals surface area contributed by atoms with Gasteiger partial charge >= 0.3 is 5.97 Å². The van der Waals surface area contributed by atoms with Crippen LogP contribution >= 0.6 is 11.6 Å². The van der Waals surface area contributed by atoms with Crippen LogP contribution < -0.4 is 14.8 Å². The van der Waals surface area contributed by atoms with E-state index in [1.54, 1.807) is 36.4 Å². The first-order valence-corrected chi connectivity index (χ1v) is 7.86. The second-order valence-corrected chi connectivity index (χ2v) is 5.57. The Morgan fingerprint density at radius 2 is 1.85 bits per heavy atom. The highest BCUT2D eigenvalue weighted by Gasteiger charge is 2.12. The minimum Gasteiger partial charge on any atom is -0.493 e. The van der Waals surface area contributed by atoms with Crippen molar-refractivity contribution in [1.82, 2.24) is 0 Å². The van der Waals surface area contributed by atoms with Gasteiger partial charge in [-0.1, -0.05) is 17.7 Å². The zero-order chi connectivity index (χ0) is 19.1. The van der Waals surface area contributed by atoms with Crippen molar-refractivity contribution in [2.75, 3.05) is 12.4 Å². The summed E-state index contributed by atoms with van der Waals surface area (Å²) in [4.78, 5) is 23.3. The van der Waals surface area contributed by atoms with Crippen LogP contribution in [0.3, 0.4) is 0 Å². The molecule has 0 unspecified atom stereocenters. The van der Waals surface area contributed by atoms with E-state index in [1.807, 2.05) is 6.07 Å². The van der Waals surface area contributed by atoms with Crippen molar-refractivity contribution in [3.05, 3.63) is 58.6 Å². The molecule has 132 valence electrons. The molecule has 0 atom stereocenters. The molecule has 0 bridgehead atoms. The molecule has 0 aliphatic carbocycles. The fourth-order valence-corrected chi connectivity index (χ4v) is 2.19. The Bertz CT molecular complexity index is 899. The fourth-order valence-electron chi connectivity index (χ4n) is 2.06. The number of nitrogens with zero attached hydrogens (tertiary/aromatic N) is 1. The summed E-state index contributed by atoms with van der Waals surface area (Å²) in [5.41, 5.74) is 0.964. The van der Waals surface area contributed by atoms with Crippen LogP contribution in [-0.2, 0) is 9.59 Å². The second-order valence-electron chi connectivity index (χ2n) is 5.13. The minimum absolute atomic E-state index is 0.0951. The number of esters is 1. The summed E-state index contributed by atoms with van der Waals surface area (Å²) < 4.78 is 10.2. The van der Waals surface area contributed by atoms with E-state index in [4.69, 9.17) is 21.1 Å². The number of amides is 1. The van der Waals surface area contributed by atoms with E-state index in [0.29, 0.717) is 22.0 Å². The minimum atomic E-state index is -0.558. The lowest BCUT2D eigenvalue weighted by Crippen LogP contribution is -2.13. The monoisotopic (exact) mass is 370 g/mol. The molecule has 0 fully saturated rings. The van der Waals surface area contributed by atoms with Crippen molar-refractivity contribution in [3.63, 3.8) is 0 Å². The molecule has 6 nitrogen and oxygen atoms in total. The first-order valence-electron chi connectivity index (χ1n) is 7.48. The van der Waals surface area contributed by atoms with Crippen LogP contribution in [0.15, 0.2) is 48.0 Å². The van der Waals surface area contributed by atoms with Crippen molar-refractivity contribution >= 4 is 35.2 Å². The molecular weight excluding hydrogens is 356 g/mol. The fraction of sp³-hybridized carbons (Fsp3) is 0.105. The van der Waals surface area contributed by atoms with Crippen molar-refractivity contribution in [2.45, 2.75) is 6.92 Å². The van der Waals surface area contributed by atoms with Crippen LogP contribution in [0.4, 0.5) is 5.69 Å². The number of rotatable bonds is 5. The number of nitrogens with one attached hydrogen (secondary N) is 1. The normalized spacial score (nSPS) is 10.6. The Balaban J connectivity index is 2.24. The van der Waals surface area contributed by atoms with E-state index in [-0.39, 0.29) is 11.3 Å². The van der Waals surface area contributed by atoms with Crippen molar-refractivity contribution < 1.29 is 19.1 Å². The third-order valence-electron chi connectivity index (χ3n) is 3.22. The number of carbonyl (C=O) groups is 2. The van der Waals surface area contributed by atoms with Crippen molar-refractivity contribution in [3.8, 4) is 17.6 Å². The Morgan fingerprint density at radius 1 is 1.15 bits per heavy atom. The number of carbonyl (C=O) groups excluding carboxylic acids is 2. The molecule has 0 aliphatic heterocycles. The maximum Gasteiger partial charge on any atom is 0.308 e. The molecule has 2 rings (SSSR count).